The molecule has 1 aromatic heterocycles. The Bertz CT molecular complexity index is 588. The number of nitrogens with one attached hydrogen (secondary N) is 1. The van der Waals surface area contributed by atoms with Gasteiger partial charge in [-0.3, -0.25) is 0 Å². The summed E-state index contributed by atoms with van der Waals surface area (Å²) in [5.41, 5.74) is 6.03. The van der Waals surface area contributed by atoms with Crippen molar-refractivity contribution in [3.63, 3.8) is 0 Å². The Morgan fingerprint density at radius 1 is 1.25 bits per heavy atom. The van der Waals surface area contributed by atoms with Crippen molar-refractivity contribution in [2.24, 2.45) is 5.73 Å². The highest BCUT2D eigenvalue weighted by Crippen LogP contribution is 2.37. The number of hydrogen-bond donors (Lipinski definition) is 2. The van der Waals surface area contributed by atoms with Gasteiger partial charge in [0.1, 0.15) is 11.5 Å². The number of nitrogens with zero attached hydrogens (tertiary/aromatic N) is 2. The fourth-order valence-electron chi connectivity index (χ4n) is 1.60. The van der Waals surface area contributed by atoms with E-state index in [4.69, 9.17) is 31.2 Å². The lowest BCUT2D eigenvalue weighted by Gasteiger charge is -2.11. The van der Waals surface area contributed by atoms with Gasteiger partial charge in [0.25, 0.3) is 0 Å². The molecule has 2 rings (SSSR count). The van der Waals surface area contributed by atoms with Crippen molar-refractivity contribution in [1.82, 2.24) is 10.2 Å². The third-order valence-corrected chi connectivity index (χ3v) is 2.84. The summed E-state index contributed by atoms with van der Waals surface area (Å²) >= 11 is 6.03. The third-order valence-electron chi connectivity index (χ3n) is 2.54. The molecule has 108 valence electrons. The lowest BCUT2D eigenvalue weighted by molar-refractivity contribution is 0.404. The van der Waals surface area contributed by atoms with Crippen LogP contribution in [-0.4, -0.2) is 31.0 Å². The second-order valence-corrected chi connectivity index (χ2v) is 4.26. The number of ether oxygens (including phenoxy) is 2. The van der Waals surface area contributed by atoms with Gasteiger partial charge < -0.3 is 24.9 Å². The summed E-state index contributed by atoms with van der Waals surface area (Å²) in [6, 6.07) is 3.57. The predicted octanol–water partition coefficient (Wildman–Crippen LogP) is 1.98. The van der Waals surface area contributed by atoms with Gasteiger partial charge in [0.15, 0.2) is 0 Å². The molecule has 0 aliphatic heterocycles. The van der Waals surface area contributed by atoms with E-state index in [0.29, 0.717) is 41.1 Å². The van der Waals surface area contributed by atoms with Crippen molar-refractivity contribution >= 4 is 23.3 Å². The molecule has 20 heavy (non-hydrogen) atoms. The Kier molecular flexibility index (Phi) is 4.65. The monoisotopic (exact) mass is 298 g/mol. The second kappa shape index (κ2) is 6.44. The van der Waals surface area contributed by atoms with Crippen LogP contribution in [0, 0.1) is 0 Å². The molecule has 0 saturated heterocycles. The summed E-state index contributed by atoms with van der Waals surface area (Å²) in [6.07, 6.45) is 0.524. The van der Waals surface area contributed by atoms with Gasteiger partial charge >= 0.3 is 6.01 Å². The van der Waals surface area contributed by atoms with Gasteiger partial charge in [0.2, 0.25) is 5.89 Å². The average molecular weight is 299 g/mol. The van der Waals surface area contributed by atoms with Crippen LogP contribution in [-0.2, 0) is 6.42 Å². The van der Waals surface area contributed by atoms with Gasteiger partial charge in [-0.2, -0.15) is 0 Å². The summed E-state index contributed by atoms with van der Waals surface area (Å²) in [5, 5.41) is 11.1. The molecular formula is C12H15ClN4O3. The molecule has 0 amide bonds. The van der Waals surface area contributed by atoms with Crippen molar-refractivity contribution < 1.29 is 13.9 Å². The lowest BCUT2D eigenvalue weighted by atomic mass is 10.2. The molecule has 0 atom stereocenters. The van der Waals surface area contributed by atoms with Crippen LogP contribution in [0.15, 0.2) is 16.5 Å². The van der Waals surface area contributed by atoms with E-state index in [1.165, 1.54) is 14.2 Å². The third kappa shape index (κ3) is 3.12. The number of hydrogen-bond acceptors (Lipinski definition) is 7. The fraction of sp³-hybridized carbons (Fsp3) is 0.333. The summed E-state index contributed by atoms with van der Waals surface area (Å²) in [7, 11) is 3.07. The molecule has 1 aromatic carbocycles. The van der Waals surface area contributed by atoms with Crippen LogP contribution < -0.4 is 20.5 Å². The Morgan fingerprint density at radius 2 is 2.00 bits per heavy atom. The zero-order chi connectivity index (χ0) is 14.5. The van der Waals surface area contributed by atoms with Gasteiger partial charge in [-0.15, -0.1) is 5.10 Å². The summed E-state index contributed by atoms with van der Waals surface area (Å²) in [4.78, 5) is 0. The smallest absolute Gasteiger partial charge is 0.320 e. The van der Waals surface area contributed by atoms with Gasteiger partial charge in [0, 0.05) is 25.1 Å². The molecule has 3 N–H and O–H groups in total. The predicted molar refractivity (Wildman–Crippen MR) is 74.9 cm³/mol. The molecule has 0 bridgehead atoms. The van der Waals surface area contributed by atoms with E-state index in [0.717, 1.165) is 0 Å². The maximum absolute atomic E-state index is 6.03. The highest BCUT2D eigenvalue weighted by Gasteiger charge is 2.13. The van der Waals surface area contributed by atoms with Crippen LogP contribution in [0.3, 0.4) is 0 Å². The first-order valence-corrected chi connectivity index (χ1v) is 6.26. The van der Waals surface area contributed by atoms with E-state index in [1.807, 2.05) is 0 Å². The molecule has 0 radical (unpaired) electrons. The van der Waals surface area contributed by atoms with Crippen LogP contribution in [0.4, 0.5) is 11.7 Å². The lowest BCUT2D eigenvalue weighted by Crippen LogP contribution is -2.02. The van der Waals surface area contributed by atoms with Crippen LogP contribution in [0.1, 0.15) is 5.89 Å². The number of aromatic nitrogens is 2. The van der Waals surface area contributed by atoms with E-state index in [9.17, 15) is 0 Å². The maximum atomic E-state index is 6.03. The van der Waals surface area contributed by atoms with E-state index >= 15 is 0 Å². The highest BCUT2D eigenvalue weighted by atomic mass is 35.5. The van der Waals surface area contributed by atoms with Gasteiger partial charge in [-0.25, -0.2) is 0 Å². The Morgan fingerprint density at radius 3 is 2.65 bits per heavy atom. The molecular weight excluding hydrogens is 284 g/mol. The molecule has 1 heterocycles. The first-order chi connectivity index (χ1) is 9.67. The van der Waals surface area contributed by atoms with E-state index in [1.54, 1.807) is 12.1 Å². The van der Waals surface area contributed by atoms with Crippen LogP contribution in [0.25, 0.3) is 0 Å². The van der Waals surface area contributed by atoms with Crippen LogP contribution >= 0.6 is 11.6 Å². The number of nitrogens with two attached hydrogens (primary N) is 1. The first kappa shape index (κ1) is 14.4. The summed E-state index contributed by atoms with van der Waals surface area (Å²) in [6.45, 7) is 0.444. The molecule has 7 nitrogen and oxygen atoms in total. The normalized spacial score (nSPS) is 10.4. The van der Waals surface area contributed by atoms with Crippen molar-refractivity contribution in [3.05, 3.63) is 23.0 Å². The van der Waals surface area contributed by atoms with Crippen LogP contribution in [0.2, 0.25) is 5.02 Å². The van der Waals surface area contributed by atoms with Crippen molar-refractivity contribution in [2.75, 3.05) is 26.1 Å². The molecule has 0 fully saturated rings. The van der Waals surface area contributed by atoms with E-state index in [-0.39, 0.29) is 6.01 Å². The molecule has 0 aliphatic rings. The van der Waals surface area contributed by atoms with Crippen molar-refractivity contribution in [2.45, 2.75) is 6.42 Å². The summed E-state index contributed by atoms with van der Waals surface area (Å²) in [5.74, 6) is 1.51. The number of halogens is 1. The molecule has 0 unspecified atom stereocenters. The van der Waals surface area contributed by atoms with Gasteiger partial charge in [-0.05, 0) is 0 Å². The van der Waals surface area contributed by atoms with E-state index < -0.39 is 0 Å². The second-order valence-electron chi connectivity index (χ2n) is 3.85. The van der Waals surface area contributed by atoms with Gasteiger partial charge in [-0.1, -0.05) is 16.7 Å². The standard InChI is InChI=1S/C12H15ClN4O3/c1-18-9-6-8(10(19-2)5-7(9)13)15-12-17-16-11(20-12)3-4-14/h5-6H,3-4,14H2,1-2H3,(H,15,17). The van der Waals surface area contributed by atoms with Crippen molar-refractivity contribution in [3.8, 4) is 11.5 Å². The topological polar surface area (TPSA) is 95.4 Å². The molecule has 2 aromatic rings. The fourth-order valence-corrected chi connectivity index (χ4v) is 1.83. The number of methoxy groups -OCH3 is 2. The Labute approximate surface area is 121 Å². The zero-order valence-corrected chi connectivity index (χ0v) is 11.9. The number of rotatable bonds is 6. The zero-order valence-electron chi connectivity index (χ0n) is 11.1. The molecule has 8 heteroatoms. The summed E-state index contributed by atoms with van der Waals surface area (Å²) < 4.78 is 15.8. The highest BCUT2D eigenvalue weighted by molar-refractivity contribution is 6.32. The minimum Gasteiger partial charge on any atom is -0.495 e. The minimum absolute atomic E-state index is 0.246. The van der Waals surface area contributed by atoms with E-state index in [2.05, 4.69) is 15.5 Å². The largest absolute Gasteiger partial charge is 0.495 e. The Hall–Kier alpha value is -1.99. The number of anilines is 2. The Balaban J connectivity index is 2.26. The minimum atomic E-state index is 0.246. The average Bonchev–Trinajstić information content (AvgIpc) is 2.88. The quantitative estimate of drug-likeness (QED) is 0.842. The maximum Gasteiger partial charge on any atom is 0.320 e. The SMILES string of the molecule is COc1cc(Nc2nnc(CCN)o2)c(OC)cc1Cl. The van der Waals surface area contributed by atoms with Crippen molar-refractivity contribution in [1.29, 1.82) is 0 Å². The van der Waals surface area contributed by atoms with Gasteiger partial charge in [0.05, 0.1) is 24.9 Å². The molecule has 0 spiro atoms. The molecule has 0 saturated carbocycles. The first-order valence-electron chi connectivity index (χ1n) is 5.89. The van der Waals surface area contributed by atoms with Crippen LogP contribution in [0.5, 0.6) is 11.5 Å². The molecule has 0 aliphatic carbocycles. The number of benzene rings is 1.